The van der Waals surface area contributed by atoms with Crippen molar-refractivity contribution < 1.29 is 23.8 Å². The molecule has 2 atom stereocenters. The average molecular weight is 370 g/mol. The number of amides is 1. The van der Waals surface area contributed by atoms with E-state index in [9.17, 15) is 9.59 Å². The third-order valence-corrected chi connectivity index (χ3v) is 5.26. The van der Waals surface area contributed by atoms with Crippen molar-refractivity contribution in [3.8, 4) is 0 Å². The molecule has 1 fully saturated rings. The highest BCUT2D eigenvalue weighted by Crippen LogP contribution is 2.33. The minimum Gasteiger partial charge on any atom is -0.479 e. The van der Waals surface area contributed by atoms with E-state index in [-0.39, 0.29) is 24.8 Å². The summed E-state index contributed by atoms with van der Waals surface area (Å²) < 4.78 is 10.7. The zero-order valence-corrected chi connectivity index (χ0v) is 15.1. The van der Waals surface area contributed by atoms with Gasteiger partial charge < -0.3 is 24.1 Å². The number of fused-ring (bicyclic) bond motifs is 1. The van der Waals surface area contributed by atoms with Gasteiger partial charge in [0, 0.05) is 30.4 Å². The lowest BCUT2D eigenvalue weighted by Crippen LogP contribution is -2.48. The van der Waals surface area contributed by atoms with Crippen LogP contribution in [0.1, 0.15) is 28.6 Å². The number of para-hydroxylation sites is 1. The first kappa shape index (κ1) is 17.6. The first-order chi connectivity index (χ1) is 13.0. The largest absolute Gasteiger partial charge is 0.479 e. The summed E-state index contributed by atoms with van der Waals surface area (Å²) in [5.41, 5.74) is 3.29. The molecule has 1 N–H and O–H groups in total. The summed E-state index contributed by atoms with van der Waals surface area (Å²) in [6.07, 6.45) is 1.50. The second-order valence-corrected chi connectivity index (χ2v) is 7.03. The summed E-state index contributed by atoms with van der Waals surface area (Å²) in [7, 11) is 0. The van der Waals surface area contributed by atoms with Gasteiger partial charge in [0.2, 0.25) is 0 Å². The van der Waals surface area contributed by atoms with Crippen molar-refractivity contribution in [3.05, 3.63) is 53.5 Å². The van der Waals surface area contributed by atoms with E-state index < -0.39 is 12.1 Å². The van der Waals surface area contributed by atoms with Crippen LogP contribution in [0, 0.1) is 0 Å². The Labute approximate surface area is 157 Å². The van der Waals surface area contributed by atoms with E-state index in [0.29, 0.717) is 19.1 Å². The molecule has 142 valence electrons. The second-order valence-electron chi connectivity index (χ2n) is 7.03. The molecule has 0 bridgehead atoms. The topological polar surface area (TPSA) is 83.2 Å². The van der Waals surface area contributed by atoms with Crippen molar-refractivity contribution in [1.29, 1.82) is 0 Å². The van der Waals surface area contributed by atoms with Gasteiger partial charge >= 0.3 is 5.97 Å². The summed E-state index contributed by atoms with van der Waals surface area (Å²) >= 11 is 0. The van der Waals surface area contributed by atoms with Crippen molar-refractivity contribution >= 4 is 17.6 Å². The molecule has 1 aromatic heterocycles. The molecular weight excluding hydrogens is 348 g/mol. The number of morpholine rings is 1. The van der Waals surface area contributed by atoms with E-state index in [1.54, 1.807) is 0 Å². The van der Waals surface area contributed by atoms with Gasteiger partial charge in [-0.2, -0.15) is 0 Å². The lowest BCUT2D eigenvalue weighted by atomic mass is 10.1. The molecule has 1 amide bonds. The van der Waals surface area contributed by atoms with Gasteiger partial charge in [0.15, 0.2) is 11.9 Å². The number of furan rings is 1. The average Bonchev–Trinajstić information content (AvgIpc) is 3.26. The Hall–Kier alpha value is -2.80. The van der Waals surface area contributed by atoms with Crippen LogP contribution in [-0.2, 0) is 22.5 Å². The number of carboxylic acids is 1. The van der Waals surface area contributed by atoms with E-state index in [2.05, 4.69) is 24.0 Å². The summed E-state index contributed by atoms with van der Waals surface area (Å²) in [6, 6.07) is 10.4. The Morgan fingerprint density at radius 1 is 1.26 bits per heavy atom. The summed E-state index contributed by atoms with van der Waals surface area (Å²) in [6.45, 7) is 3.32. The molecule has 1 aromatic carbocycles. The Balaban J connectivity index is 1.53. The minimum atomic E-state index is -1.06. The number of aliphatic carboxylic acids is 1. The lowest BCUT2D eigenvalue weighted by Gasteiger charge is -2.31. The highest BCUT2D eigenvalue weighted by atomic mass is 16.5. The van der Waals surface area contributed by atoms with Crippen LogP contribution < -0.4 is 4.90 Å². The smallest absolute Gasteiger partial charge is 0.334 e. The Morgan fingerprint density at radius 2 is 2.07 bits per heavy atom. The van der Waals surface area contributed by atoms with Crippen LogP contribution in [0.4, 0.5) is 5.69 Å². The predicted octanol–water partition coefficient (Wildman–Crippen LogP) is 2.16. The number of ether oxygens (including phenoxy) is 1. The van der Waals surface area contributed by atoms with E-state index >= 15 is 0 Å². The van der Waals surface area contributed by atoms with E-state index in [0.717, 1.165) is 12.0 Å². The van der Waals surface area contributed by atoms with Gasteiger partial charge in [-0.1, -0.05) is 18.2 Å². The molecule has 4 rings (SSSR count). The summed E-state index contributed by atoms with van der Waals surface area (Å²) in [5.74, 6) is -1.07. The Bertz CT molecular complexity index is 862. The fourth-order valence-corrected chi connectivity index (χ4v) is 3.83. The number of carboxylic acid groups (broad SMARTS) is 1. The highest BCUT2D eigenvalue weighted by Gasteiger charge is 2.33. The standard InChI is InChI=1S/C20H22N2O5/c1-13-10-14-4-2-3-5-16(14)22(13)11-15-6-8-27-18(15)19(23)21-7-9-26-17(12-21)20(24)25/h2-6,8,13,17H,7,9-12H2,1H3,(H,24,25)/t13-,17+/m0/s1. The van der Waals surface area contributed by atoms with E-state index in [1.807, 2.05) is 18.2 Å². The molecule has 0 unspecified atom stereocenters. The van der Waals surface area contributed by atoms with Crippen molar-refractivity contribution in [3.63, 3.8) is 0 Å². The molecule has 7 nitrogen and oxygen atoms in total. The number of hydrogen-bond acceptors (Lipinski definition) is 5. The van der Waals surface area contributed by atoms with E-state index in [1.165, 1.54) is 22.4 Å². The third kappa shape index (κ3) is 3.30. The van der Waals surface area contributed by atoms with Gasteiger partial charge in [-0.3, -0.25) is 4.79 Å². The molecule has 0 spiro atoms. The van der Waals surface area contributed by atoms with Crippen LogP contribution in [0.25, 0.3) is 0 Å². The number of hydrogen-bond donors (Lipinski definition) is 1. The maximum atomic E-state index is 12.9. The van der Waals surface area contributed by atoms with Crippen LogP contribution in [0.15, 0.2) is 41.0 Å². The van der Waals surface area contributed by atoms with Crippen molar-refractivity contribution in [2.75, 3.05) is 24.6 Å². The number of carbonyl (C=O) groups is 2. The molecule has 2 aliphatic rings. The molecule has 3 heterocycles. The maximum Gasteiger partial charge on any atom is 0.334 e. The van der Waals surface area contributed by atoms with E-state index in [4.69, 9.17) is 14.3 Å². The number of benzene rings is 1. The number of carbonyl (C=O) groups excluding carboxylic acids is 1. The van der Waals surface area contributed by atoms with Gasteiger partial charge in [-0.15, -0.1) is 0 Å². The molecule has 7 heteroatoms. The SMILES string of the molecule is C[C@H]1Cc2ccccc2N1Cc1ccoc1C(=O)N1CCO[C@@H](C(=O)O)C1. The fraction of sp³-hybridized carbons (Fsp3) is 0.400. The molecule has 2 aliphatic heterocycles. The number of rotatable bonds is 4. The third-order valence-electron chi connectivity index (χ3n) is 5.26. The molecule has 2 aromatic rings. The van der Waals surface area contributed by atoms with Gasteiger partial charge in [0.1, 0.15) is 0 Å². The van der Waals surface area contributed by atoms with Gasteiger partial charge in [0.05, 0.1) is 19.4 Å². The molecule has 0 radical (unpaired) electrons. The molecule has 0 saturated carbocycles. The van der Waals surface area contributed by atoms with Crippen LogP contribution in [0.3, 0.4) is 0 Å². The second kappa shape index (κ2) is 7.08. The number of nitrogens with zero attached hydrogens (tertiary/aromatic N) is 2. The molecule has 1 saturated heterocycles. The minimum absolute atomic E-state index is 0.0251. The number of anilines is 1. The van der Waals surface area contributed by atoms with Crippen LogP contribution >= 0.6 is 0 Å². The zero-order chi connectivity index (χ0) is 19.0. The van der Waals surface area contributed by atoms with Crippen LogP contribution in [0.5, 0.6) is 0 Å². The molecular formula is C20H22N2O5. The quantitative estimate of drug-likeness (QED) is 0.888. The van der Waals surface area contributed by atoms with Crippen molar-refractivity contribution in [2.45, 2.75) is 32.0 Å². The Kier molecular flexibility index (Phi) is 4.61. The van der Waals surface area contributed by atoms with Gasteiger partial charge in [-0.25, -0.2) is 4.79 Å². The molecule has 27 heavy (non-hydrogen) atoms. The normalized spacial score (nSPS) is 22.0. The van der Waals surface area contributed by atoms with Crippen molar-refractivity contribution in [2.24, 2.45) is 0 Å². The van der Waals surface area contributed by atoms with Crippen LogP contribution in [-0.4, -0.2) is 53.7 Å². The fourth-order valence-electron chi connectivity index (χ4n) is 3.83. The van der Waals surface area contributed by atoms with Crippen LogP contribution in [0.2, 0.25) is 0 Å². The van der Waals surface area contributed by atoms with Crippen molar-refractivity contribution in [1.82, 2.24) is 4.90 Å². The zero-order valence-electron chi connectivity index (χ0n) is 15.1. The van der Waals surface area contributed by atoms with Gasteiger partial charge in [0.25, 0.3) is 5.91 Å². The maximum absolute atomic E-state index is 12.9. The first-order valence-corrected chi connectivity index (χ1v) is 9.09. The first-order valence-electron chi connectivity index (χ1n) is 9.09. The predicted molar refractivity (Wildman–Crippen MR) is 97.8 cm³/mol. The highest BCUT2D eigenvalue weighted by molar-refractivity contribution is 5.93. The lowest BCUT2D eigenvalue weighted by molar-refractivity contribution is -0.154. The van der Waals surface area contributed by atoms with Gasteiger partial charge in [-0.05, 0) is 31.0 Å². The Morgan fingerprint density at radius 3 is 2.89 bits per heavy atom. The summed E-state index contributed by atoms with van der Waals surface area (Å²) in [4.78, 5) is 27.8. The monoisotopic (exact) mass is 370 g/mol. The summed E-state index contributed by atoms with van der Waals surface area (Å²) in [5, 5.41) is 9.14. The molecule has 0 aliphatic carbocycles.